The van der Waals surface area contributed by atoms with E-state index in [-0.39, 0.29) is 5.25 Å². The lowest BCUT2D eigenvalue weighted by Gasteiger charge is -2.17. The molecule has 1 aromatic rings. The standard InChI is InChI=1S/C18H24N3O2S/c1-21-9-8-14(11-21)24(23)20-18(22)19-17-15-6-2-4-12(15)10-13-5-3-7-16(13)17/h10,14H,2-9,11H2,1H3,(H,19,22)/q-1. The van der Waals surface area contributed by atoms with Gasteiger partial charge in [-0.15, -0.1) is 0 Å². The van der Waals surface area contributed by atoms with E-state index in [0.717, 1.165) is 63.7 Å². The highest BCUT2D eigenvalue weighted by Crippen LogP contribution is 2.38. The van der Waals surface area contributed by atoms with Crippen LogP contribution in [0.15, 0.2) is 10.4 Å². The van der Waals surface area contributed by atoms with Crippen LogP contribution in [-0.2, 0) is 40.5 Å². The molecule has 0 spiro atoms. The van der Waals surface area contributed by atoms with Gasteiger partial charge in [-0.3, -0.25) is 0 Å². The van der Waals surface area contributed by atoms with Crippen molar-refractivity contribution in [3.05, 3.63) is 28.3 Å². The first kappa shape index (κ1) is 16.1. The Morgan fingerprint density at radius 3 is 2.46 bits per heavy atom. The Morgan fingerprint density at radius 2 is 1.88 bits per heavy atom. The monoisotopic (exact) mass is 346 g/mol. The number of rotatable bonds is 2. The van der Waals surface area contributed by atoms with Crippen LogP contribution in [0.3, 0.4) is 0 Å². The molecule has 6 heteroatoms. The van der Waals surface area contributed by atoms with Gasteiger partial charge >= 0.3 is 6.03 Å². The maximum absolute atomic E-state index is 12.4. The third kappa shape index (κ3) is 2.97. The van der Waals surface area contributed by atoms with Crippen molar-refractivity contribution in [1.82, 2.24) is 4.90 Å². The number of fused-ring (bicyclic) bond motifs is 2. The minimum atomic E-state index is -1.45. The Labute approximate surface area is 145 Å². The summed E-state index contributed by atoms with van der Waals surface area (Å²) in [5.74, 6) is 0. The Kier molecular flexibility index (Phi) is 4.35. The zero-order valence-corrected chi connectivity index (χ0v) is 15.0. The summed E-state index contributed by atoms with van der Waals surface area (Å²) in [5, 5.41) is 2.98. The topological polar surface area (TPSA) is 61.8 Å². The van der Waals surface area contributed by atoms with Gasteiger partial charge < -0.3 is 18.8 Å². The fourth-order valence-electron chi connectivity index (χ4n) is 4.31. The lowest BCUT2D eigenvalue weighted by Crippen LogP contribution is -2.18. The van der Waals surface area contributed by atoms with Gasteiger partial charge in [0.15, 0.2) is 0 Å². The number of anilines is 1. The molecule has 3 aliphatic rings. The highest BCUT2D eigenvalue weighted by atomic mass is 32.2. The molecule has 0 bridgehead atoms. The molecule has 130 valence electrons. The molecule has 1 aliphatic heterocycles. The van der Waals surface area contributed by atoms with Gasteiger partial charge in [0.25, 0.3) is 0 Å². The summed E-state index contributed by atoms with van der Waals surface area (Å²) in [5.41, 5.74) is 6.30. The average molecular weight is 346 g/mol. The van der Waals surface area contributed by atoms with Gasteiger partial charge in [-0.25, -0.2) is 4.79 Å². The van der Waals surface area contributed by atoms with E-state index in [2.05, 4.69) is 20.6 Å². The maximum atomic E-state index is 12.4. The Morgan fingerprint density at radius 1 is 1.21 bits per heavy atom. The summed E-state index contributed by atoms with van der Waals surface area (Å²) in [7, 11) is 0.563. The first-order valence-corrected chi connectivity index (χ1v) is 10.1. The summed E-state index contributed by atoms with van der Waals surface area (Å²) >= 11 is 0. The largest absolute Gasteiger partial charge is 0.444 e. The van der Waals surface area contributed by atoms with E-state index in [1.165, 1.54) is 22.3 Å². The lowest BCUT2D eigenvalue weighted by atomic mass is 9.99. The second kappa shape index (κ2) is 6.48. The number of urea groups is 1. The van der Waals surface area contributed by atoms with E-state index in [4.69, 9.17) is 0 Å². The van der Waals surface area contributed by atoms with Crippen molar-refractivity contribution in [3.8, 4) is 0 Å². The molecule has 1 saturated heterocycles. The number of amides is 2. The molecule has 0 radical (unpaired) electrons. The molecule has 2 amide bonds. The average Bonchev–Trinajstić information content (AvgIpc) is 3.26. The van der Waals surface area contributed by atoms with Crippen LogP contribution in [0.1, 0.15) is 41.5 Å². The molecule has 1 heterocycles. The van der Waals surface area contributed by atoms with Crippen LogP contribution in [-0.4, -0.2) is 36.3 Å². The highest BCUT2D eigenvalue weighted by Gasteiger charge is 2.24. The fourth-order valence-corrected chi connectivity index (χ4v) is 5.36. The van der Waals surface area contributed by atoms with Crippen LogP contribution < -0.4 is 5.32 Å². The summed E-state index contributed by atoms with van der Waals surface area (Å²) in [4.78, 5) is 14.5. The molecule has 0 saturated carbocycles. The molecule has 1 N–H and O–H groups in total. The maximum Gasteiger partial charge on any atom is 0.322 e. The number of carbonyl (C=O) groups excluding carboxylic acids is 1. The van der Waals surface area contributed by atoms with Crippen LogP contribution >= 0.6 is 0 Å². The normalized spacial score (nSPS) is 24.1. The van der Waals surface area contributed by atoms with E-state index >= 15 is 0 Å². The van der Waals surface area contributed by atoms with Crippen molar-refractivity contribution in [1.29, 1.82) is 0 Å². The molecule has 24 heavy (non-hydrogen) atoms. The lowest BCUT2D eigenvalue weighted by molar-refractivity contribution is 0.260. The van der Waals surface area contributed by atoms with Crippen molar-refractivity contribution in [3.63, 3.8) is 0 Å². The van der Waals surface area contributed by atoms with Crippen LogP contribution in [0.4, 0.5) is 10.5 Å². The second-order valence-corrected chi connectivity index (χ2v) is 8.61. The van der Waals surface area contributed by atoms with Crippen LogP contribution in [0, 0.1) is 0 Å². The van der Waals surface area contributed by atoms with Gasteiger partial charge in [0.05, 0.1) is 0 Å². The number of nitrogens with one attached hydrogen (secondary N) is 1. The molecule has 4 rings (SSSR count). The quantitative estimate of drug-likeness (QED) is 0.837. The second-order valence-electron chi connectivity index (χ2n) is 7.20. The molecule has 1 unspecified atom stereocenters. The molecule has 2 aliphatic carbocycles. The number of aryl methyl sites for hydroxylation is 2. The van der Waals surface area contributed by atoms with Crippen molar-refractivity contribution in [2.45, 2.75) is 50.2 Å². The van der Waals surface area contributed by atoms with Gasteiger partial charge in [0.2, 0.25) is 0 Å². The first-order valence-electron chi connectivity index (χ1n) is 8.90. The van der Waals surface area contributed by atoms with Gasteiger partial charge in [-0.2, -0.15) is 10.6 Å². The van der Waals surface area contributed by atoms with E-state index < -0.39 is 16.6 Å². The first-order chi connectivity index (χ1) is 11.6. The number of hydrogen-bond acceptors (Lipinski definition) is 4. The van der Waals surface area contributed by atoms with Crippen molar-refractivity contribution in [2.75, 3.05) is 25.5 Å². The number of benzene rings is 1. The molecular weight excluding hydrogens is 322 g/mol. The third-order valence-electron chi connectivity index (χ3n) is 5.51. The number of nitrogens with zero attached hydrogens (tertiary/aromatic N) is 2. The van der Waals surface area contributed by atoms with Gasteiger partial charge in [-0.05, 0) is 80.9 Å². The van der Waals surface area contributed by atoms with Gasteiger partial charge in [-0.1, -0.05) is 17.7 Å². The van der Waals surface area contributed by atoms with Crippen molar-refractivity contribution < 1.29 is 9.00 Å². The van der Waals surface area contributed by atoms with Crippen molar-refractivity contribution in [2.24, 2.45) is 4.36 Å². The van der Waals surface area contributed by atoms with Gasteiger partial charge in [0, 0.05) is 5.69 Å². The molecule has 1 aromatic carbocycles. The van der Waals surface area contributed by atoms with Crippen LogP contribution in [0.25, 0.3) is 0 Å². The van der Waals surface area contributed by atoms with E-state index in [9.17, 15) is 9.00 Å². The Balaban J connectivity index is 1.57. The molecule has 1 atom stereocenters. The Hall–Kier alpha value is -1.40. The predicted octanol–water partition coefficient (Wildman–Crippen LogP) is 3.05. The van der Waals surface area contributed by atoms with Crippen molar-refractivity contribution >= 4 is 22.3 Å². The summed E-state index contributed by atoms with van der Waals surface area (Å²) in [6, 6.07) is 1.89. The Bertz CT molecular complexity index is 736. The van der Waals surface area contributed by atoms with Crippen LogP contribution in [0.2, 0.25) is 0 Å². The zero-order chi connectivity index (χ0) is 16.7. The molecule has 5 nitrogen and oxygen atoms in total. The van der Waals surface area contributed by atoms with E-state index in [1.54, 1.807) is 0 Å². The fraction of sp³-hybridized carbons (Fsp3) is 0.611. The summed E-state index contributed by atoms with van der Waals surface area (Å²) in [6.07, 6.45) is 7.39. The SMILES string of the molecule is CN1CCC(/[S-](=O)=N/C(=O)Nc2c3c(cc4c2CCC4)CCC3)C1. The molecule has 0 aromatic heterocycles. The van der Waals surface area contributed by atoms with E-state index in [1.807, 2.05) is 7.05 Å². The minimum Gasteiger partial charge on any atom is -0.444 e. The van der Waals surface area contributed by atoms with Gasteiger partial charge in [0.1, 0.15) is 0 Å². The highest BCUT2D eigenvalue weighted by molar-refractivity contribution is 7.75. The van der Waals surface area contributed by atoms with Crippen LogP contribution in [0.5, 0.6) is 0 Å². The number of carbonyl (C=O) groups is 1. The minimum absolute atomic E-state index is 0.0204. The number of likely N-dealkylation sites (tertiary alicyclic amines) is 1. The van der Waals surface area contributed by atoms with E-state index in [0.29, 0.717) is 0 Å². The molecule has 1 fully saturated rings. The third-order valence-corrected chi connectivity index (χ3v) is 6.81. The summed E-state index contributed by atoms with van der Waals surface area (Å²) < 4.78 is 16.3. The zero-order valence-electron chi connectivity index (χ0n) is 14.1. The summed E-state index contributed by atoms with van der Waals surface area (Å²) in [6.45, 7) is 1.67. The number of hydrogen-bond donors (Lipinski definition) is 1. The smallest absolute Gasteiger partial charge is 0.322 e. The molecular formula is C18H24N3O2S-. The predicted molar refractivity (Wildman–Crippen MR) is 95.9 cm³/mol.